The summed E-state index contributed by atoms with van der Waals surface area (Å²) in [6, 6.07) is 15.2. The molecule has 1 aliphatic heterocycles. The predicted molar refractivity (Wildman–Crippen MR) is 96.2 cm³/mol. The first-order valence-corrected chi connectivity index (χ1v) is 8.76. The lowest BCUT2D eigenvalue weighted by atomic mass is 10.0. The van der Waals surface area contributed by atoms with E-state index in [-0.39, 0.29) is 6.04 Å². The molecule has 1 saturated heterocycles. The van der Waals surface area contributed by atoms with Crippen molar-refractivity contribution in [2.45, 2.75) is 12.5 Å². The van der Waals surface area contributed by atoms with Gasteiger partial charge in [0.25, 0.3) is 5.89 Å². The van der Waals surface area contributed by atoms with Gasteiger partial charge in [-0.1, -0.05) is 35.5 Å². The van der Waals surface area contributed by atoms with Crippen LogP contribution in [0.2, 0.25) is 0 Å². The number of nitrogens with one attached hydrogen (secondary N) is 1. The summed E-state index contributed by atoms with van der Waals surface area (Å²) in [6.07, 6.45) is 0.968. The Morgan fingerprint density at radius 1 is 1.12 bits per heavy atom. The molecule has 126 valence electrons. The van der Waals surface area contributed by atoms with Gasteiger partial charge < -0.3 is 9.84 Å². The van der Waals surface area contributed by atoms with Crippen LogP contribution in [0.5, 0.6) is 0 Å². The highest BCUT2D eigenvalue weighted by Gasteiger charge is 2.26. The molecule has 2 heterocycles. The topological polar surface area (TPSA) is 54.2 Å². The van der Waals surface area contributed by atoms with Gasteiger partial charge in [0.1, 0.15) is 0 Å². The van der Waals surface area contributed by atoms with E-state index in [2.05, 4.69) is 69.9 Å². The summed E-state index contributed by atoms with van der Waals surface area (Å²) in [5.74, 6) is 1.36. The molecule has 0 radical (unpaired) electrons. The molecule has 2 aromatic carbocycles. The first-order chi connectivity index (χ1) is 12.3. The highest BCUT2D eigenvalue weighted by Crippen LogP contribution is 2.38. The van der Waals surface area contributed by atoms with Crippen LogP contribution in [0, 0.1) is 0 Å². The summed E-state index contributed by atoms with van der Waals surface area (Å²) in [4.78, 5) is 6.94. The molecule has 1 fully saturated rings. The van der Waals surface area contributed by atoms with Gasteiger partial charge in [0.15, 0.2) is 5.82 Å². The molecule has 2 aliphatic rings. The summed E-state index contributed by atoms with van der Waals surface area (Å²) in [5, 5.41) is 7.63. The molecule has 1 atom stereocenters. The third-order valence-corrected chi connectivity index (χ3v) is 5.29. The monoisotopic (exact) mass is 332 g/mol. The molecule has 5 nitrogen and oxygen atoms in total. The summed E-state index contributed by atoms with van der Waals surface area (Å²) in [7, 11) is 2.11. The Kier molecular flexibility index (Phi) is 3.43. The minimum absolute atomic E-state index is 0.171. The molecule has 1 aromatic heterocycles. The molecule has 1 unspecified atom stereocenters. The zero-order valence-corrected chi connectivity index (χ0v) is 14.2. The van der Waals surface area contributed by atoms with E-state index in [1.807, 2.05) is 0 Å². The van der Waals surface area contributed by atoms with Crippen LogP contribution in [0.3, 0.4) is 0 Å². The lowest BCUT2D eigenvalue weighted by Crippen LogP contribution is -2.44. The first-order valence-electron chi connectivity index (χ1n) is 8.76. The zero-order valence-electron chi connectivity index (χ0n) is 14.2. The average molecular weight is 332 g/mol. The van der Waals surface area contributed by atoms with Crippen molar-refractivity contribution in [1.29, 1.82) is 0 Å². The van der Waals surface area contributed by atoms with Crippen molar-refractivity contribution in [3.05, 3.63) is 59.4 Å². The Hall–Kier alpha value is -2.50. The van der Waals surface area contributed by atoms with E-state index in [1.54, 1.807) is 0 Å². The van der Waals surface area contributed by atoms with Crippen LogP contribution in [0.25, 0.3) is 22.6 Å². The van der Waals surface area contributed by atoms with Crippen molar-refractivity contribution in [1.82, 2.24) is 20.4 Å². The molecule has 5 heteroatoms. The summed E-state index contributed by atoms with van der Waals surface area (Å²) >= 11 is 0. The van der Waals surface area contributed by atoms with Crippen molar-refractivity contribution >= 4 is 0 Å². The van der Waals surface area contributed by atoms with E-state index in [9.17, 15) is 0 Å². The molecule has 1 aliphatic carbocycles. The maximum Gasteiger partial charge on any atom is 0.257 e. The maximum atomic E-state index is 5.57. The van der Waals surface area contributed by atoms with E-state index in [4.69, 9.17) is 4.52 Å². The summed E-state index contributed by atoms with van der Waals surface area (Å²) < 4.78 is 5.57. The number of fused-ring (bicyclic) bond motifs is 3. The molecular formula is C20H20N4O. The number of rotatable bonds is 2. The fourth-order valence-electron chi connectivity index (χ4n) is 3.86. The van der Waals surface area contributed by atoms with Gasteiger partial charge in [0.05, 0.1) is 6.04 Å². The van der Waals surface area contributed by atoms with Crippen molar-refractivity contribution < 1.29 is 4.52 Å². The van der Waals surface area contributed by atoms with Gasteiger partial charge in [-0.25, -0.2) is 0 Å². The van der Waals surface area contributed by atoms with Gasteiger partial charge in [0, 0.05) is 25.2 Å². The van der Waals surface area contributed by atoms with E-state index in [0.717, 1.165) is 37.4 Å². The second-order valence-corrected chi connectivity index (χ2v) is 6.86. The first kappa shape index (κ1) is 14.8. The van der Waals surface area contributed by atoms with Gasteiger partial charge >= 0.3 is 0 Å². The summed E-state index contributed by atoms with van der Waals surface area (Å²) in [5.41, 5.74) is 6.36. The van der Waals surface area contributed by atoms with E-state index in [0.29, 0.717) is 5.89 Å². The van der Waals surface area contributed by atoms with Crippen LogP contribution in [0.15, 0.2) is 47.0 Å². The number of hydrogen-bond donors (Lipinski definition) is 1. The van der Waals surface area contributed by atoms with Crippen LogP contribution < -0.4 is 5.32 Å². The van der Waals surface area contributed by atoms with Gasteiger partial charge in [-0.3, -0.25) is 4.90 Å². The van der Waals surface area contributed by atoms with E-state index < -0.39 is 0 Å². The number of hydrogen-bond acceptors (Lipinski definition) is 5. The van der Waals surface area contributed by atoms with Gasteiger partial charge in [-0.15, -0.1) is 0 Å². The minimum atomic E-state index is 0.171. The second-order valence-electron chi connectivity index (χ2n) is 6.86. The van der Waals surface area contributed by atoms with Crippen molar-refractivity contribution in [2.75, 3.05) is 26.7 Å². The Morgan fingerprint density at radius 2 is 2.00 bits per heavy atom. The molecule has 0 bridgehead atoms. The normalized spacial score (nSPS) is 19.6. The van der Waals surface area contributed by atoms with Crippen molar-refractivity contribution in [3.63, 3.8) is 0 Å². The molecule has 0 amide bonds. The Morgan fingerprint density at radius 3 is 2.92 bits per heavy atom. The van der Waals surface area contributed by atoms with Crippen molar-refractivity contribution in [2.24, 2.45) is 0 Å². The highest BCUT2D eigenvalue weighted by molar-refractivity contribution is 5.79. The lowest BCUT2D eigenvalue weighted by Gasteiger charge is -2.30. The standard InChI is InChI=1S/C20H20N4O/c1-24-9-8-21-12-18(24)19-22-20(25-23-19)14-6-7-17-15(11-14)10-13-4-2-3-5-16(13)17/h2-7,11,18,21H,8-10,12H2,1H3. The van der Waals surface area contributed by atoms with E-state index in [1.165, 1.54) is 22.3 Å². The molecule has 0 spiro atoms. The third-order valence-electron chi connectivity index (χ3n) is 5.29. The SMILES string of the molecule is CN1CCNCC1c1noc(-c2ccc3c(c2)Cc2ccccc2-3)n1. The fourth-order valence-corrected chi connectivity index (χ4v) is 3.86. The maximum absolute atomic E-state index is 5.57. The molecule has 5 rings (SSSR count). The number of benzene rings is 2. The van der Waals surface area contributed by atoms with Gasteiger partial charge in [0.2, 0.25) is 0 Å². The Labute approximate surface area is 146 Å². The Bertz CT molecular complexity index is 933. The van der Waals surface area contributed by atoms with Gasteiger partial charge in [-0.05, 0) is 47.9 Å². The van der Waals surface area contributed by atoms with Crippen LogP contribution in [0.4, 0.5) is 0 Å². The molecular weight excluding hydrogens is 312 g/mol. The Balaban J connectivity index is 1.46. The largest absolute Gasteiger partial charge is 0.334 e. The number of nitrogens with zero attached hydrogens (tertiary/aromatic N) is 3. The number of piperazine rings is 1. The minimum Gasteiger partial charge on any atom is -0.334 e. The van der Waals surface area contributed by atoms with Crippen LogP contribution in [0.1, 0.15) is 23.0 Å². The quantitative estimate of drug-likeness (QED) is 0.612. The fraction of sp³-hybridized carbons (Fsp3) is 0.300. The van der Waals surface area contributed by atoms with Crippen molar-refractivity contribution in [3.8, 4) is 22.6 Å². The van der Waals surface area contributed by atoms with E-state index >= 15 is 0 Å². The zero-order chi connectivity index (χ0) is 16.8. The molecule has 3 aromatic rings. The van der Waals surface area contributed by atoms with Crippen LogP contribution in [-0.4, -0.2) is 41.7 Å². The molecule has 25 heavy (non-hydrogen) atoms. The van der Waals surface area contributed by atoms with Gasteiger partial charge in [-0.2, -0.15) is 4.98 Å². The third kappa shape index (κ3) is 2.47. The molecule has 0 saturated carbocycles. The molecule has 1 N–H and O–H groups in total. The lowest BCUT2D eigenvalue weighted by molar-refractivity contribution is 0.190. The van der Waals surface area contributed by atoms with Crippen LogP contribution >= 0.6 is 0 Å². The predicted octanol–water partition coefficient (Wildman–Crippen LogP) is 2.88. The smallest absolute Gasteiger partial charge is 0.257 e. The number of aromatic nitrogens is 2. The number of likely N-dealkylation sites (N-methyl/N-ethyl adjacent to an activating group) is 1. The van der Waals surface area contributed by atoms with Crippen LogP contribution in [-0.2, 0) is 6.42 Å². The average Bonchev–Trinajstić information content (AvgIpc) is 3.26. The second kappa shape index (κ2) is 5.79. The summed E-state index contributed by atoms with van der Waals surface area (Å²) in [6.45, 7) is 2.85. The highest BCUT2D eigenvalue weighted by atomic mass is 16.5.